The number of likely N-dealkylation sites (N-methyl/N-ethyl adjacent to an activating group) is 1. The maximum absolute atomic E-state index is 12.6. The Kier molecular flexibility index (Phi) is 2.82. The summed E-state index contributed by atoms with van der Waals surface area (Å²) >= 11 is 0. The molecule has 5 heteroatoms. The summed E-state index contributed by atoms with van der Waals surface area (Å²) in [6, 6.07) is 7.85. The van der Waals surface area contributed by atoms with E-state index in [4.69, 9.17) is 0 Å². The Labute approximate surface area is 128 Å². The van der Waals surface area contributed by atoms with Crippen molar-refractivity contribution in [2.75, 3.05) is 20.1 Å². The van der Waals surface area contributed by atoms with Crippen LogP contribution >= 0.6 is 0 Å². The lowest BCUT2D eigenvalue weighted by Gasteiger charge is -2.18. The number of nitrogens with zero attached hydrogens (tertiary/aromatic N) is 2. The highest BCUT2D eigenvalue weighted by atomic mass is 16.2. The van der Waals surface area contributed by atoms with Crippen molar-refractivity contribution >= 4 is 28.3 Å². The molecule has 1 aromatic heterocycles. The van der Waals surface area contributed by atoms with E-state index in [2.05, 4.69) is 9.88 Å². The lowest BCUT2D eigenvalue weighted by Crippen LogP contribution is -2.31. The van der Waals surface area contributed by atoms with Gasteiger partial charge in [-0.3, -0.25) is 14.5 Å². The SMILES string of the molecule is CN1C(=O)C(c2c[nH]c3ccccc23)=C(N2CCCC2)C1=O. The highest BCUT2D eigenvalue weighted by Gasteiger charge is 2.40. The predicted octanol–water partition coefficient (Wildman–Crippen LogP) is 1.97. The van der Waals surface area contributed by atoms with Gasteiger partial charge in [0, 0.05) is 42.8 Å². The van der Waals surface area contributed by atoms with Gasteiger partial charge < -0.3 is 9.88 Å². The fourth-order valence-electron chi connectivity index (χ4n) is 3.38. The molecule has 0 aliphatic carbocycles. The summed E-state index contributed by atoms with van der Waals surface area (Å²) in [6.45, 7) is 1.68. The minimum Gasteiger partial charge on any atom is -0.366 e. The van der Waals surface area contributed by atoms with Crippen LogP contribution in [0.2, 0.25) is 0 Å². The molecule has 2 aromatic rings. The average molecular weight is 295 g/mol. The molecular weight excluding hydrogens is 278 g/mol. The number of amides is 2. The zero-order valence-electron chi connectivity index (χ0n) is 12.4. The molecule has 0 spiro atoms. The van der Waals surface area contributed by atoms with Crippen LogP contribution in [0, 0.1) is 0 Å². The van der Waals surface area contributed by atoms with Crippen molar-refractivity contribution < 1.29 is 9.59 Å². The molecule has 0 saturated carbocycles. The smallest absolute Gasteiger partial charge is 0.277 e. The molecule has 22 heavy (non-hydrogen) atoms. The molecule has 112 valence electrons. The van der Waals surface area contributed by atoms with Crippen LogP contribution in [0.4, 0.5) is 0 Å². The summed E-state index contributed by atoms with van der Waals surface area (Å²) in [5.41, 5.74) is 2.89. The van der Waals surface area contributed by atoms with Crippen molar-refractivity contribution in [3.8, 4) is 0 Å². The van der Waals surface area contributed by atoms with Crippen molar-refractivity contribution in [1.82, 2.24) is 14.8 Å². The third-order valence-electron chi connectivity index (χ3n) is 4.54. The second kappa shape index (κ2) is 4.73. The molecule has 1 aromatic carbocycles. The molecule has 2 aliphatic heterocycles. The van der Waals surface area contributed by atoms with Gasteiger partial charge in [0.05, 0.1) is 5.57 Å². The molecule has 0 atom stereocenters. The number of imide groups is 1. The average Bonchev–Trinajstić information content (AvgIpc) is 3.23. The zero-order chi connectivity index (χ0) is 15.3. The van der Waals surface area contributed by atoms with E-state index < -0.39 is 0 Å². The second-order valence-corrected chi connectivity index (χ2v) is 5.84. The van der Waals surface area contributed by atoms with E-state index in [0.29, 0.717) is 11.3 Å². The number of fused-ring (bicyclic) bond motifs is 1. The third kappa shape index (κ3) is 1.71. The van der Waals surface area contributed by atoms with Gasteiger partial charge in [-0.1, -0.05) is 18.2 Å². The molecule has 1 N–H and O–H groups in total. The van der Waals surface area contributed by atoms with Crippen LogP contribution < -0.4 is 0 Å². The Morgan fingerprint density at radius 2 is 1.77 bits per heavy atom. The number of hydrogen-bond acceptors (Lipinski definition) is 3. The number of H-pyrrole nitrogens is 1. The highest BCUT2D eigenvalue weighted by molar-refractivity contribution is 6.36. The van der Waals surface area contributed by atoms with Gasteiger partial charge in [-0.15, -0.1) is 0 Å². The largest absolute Gasteiger partial charge is 0.366 e. The Morgan fingerprint density at radius 1 is 1.05 bits per heavy atom. The molecule has 2 aliphatic rings. The Morgan fingerprint density at radius 3 is 2.55 bits per heavy atom. The number of rotatable bonds is 2. The Balaban J connectivity index is 1.95. The number of nitrogens with one attached hydrogen (secondary N) is 1. The summed E-state index contributed by atoms with van der Waals surface area (Å²) in [5, 5.41) is 0.977. The molecule has 0 radical (unpaired) electrons. The number of aromatic nitrogens is 1. The zero-order valence-corrected chi connectivity index (χ0v) is 12.4. The van der Waals surface area contributed by atoms with E-state index in [1.54, 1.807) is 7.05 Å². The molecule has 0 bridgehead atoms. The van der Waals surface area contributed by atoms with Crippen molar-refractivity contribution in [3.63, 3.8) is 0 Å². The summed E-state index contributed by atoms with van der Waals surface area (Å²) in [7, 11) is 1.56. The van der Waals surface area contributed by atoms with Crippen molar-refractivity contribution in [2.45, 2.75) is 12.8 Å². The first-order valence-corrected chi connectivity index (χ1v) is 7.56. The van der Waals surface area contributed by atoms with Gasteiger partial charge in [-0.2, -0.15) is 0 Å². The molecule has 1 fully saturated rings. The topological polar surface area (TPSA) is 56.4 Å². The molecule has 2 amide bonds. The summed E-state index contributed by atoms with van der Waals surface area (Å²) in [5.74, 6) is -0.399. The lowest BCUT2D eigenvalue weighted by atomic mass is 10.0. The van der Waals surface area contributed by atoms with Gasteiger partial charge in [0.1, 0.15) is 5.70 Å². The molecule has 3 heterocycles. The van der Waals surface area contributed by atoms with E-state index in [9.17, 15) is 9.59 Å². The normalized spacial score (nSPS) is 19.1. The Bertz CT molecular complexity index is 812. The fourth-order valence-corrected chi connectivity index (χ4v) is 3.38. The standard InChI is InChI=1S/C17H17N3O2/c1-19-16(21)14(15(17(19)22)20-8-4-5-9-20)12-10-18-13-7-3-2-6-11(12)13/h2-3,6-7,10,18H,4-5,8-9H2,1H3. The quantitative estimate of drug-likeness (QED) is 0.862. The van der Waals surface area contributed by atoms with Gasteiger partial charge in [0.15, 0.2) is 0 Å². The highest BCUT2D eigenvalue weighted by Crippen LogP contribution is 2.35. The molecule has 1 saturated heterocycles. The Hall–Kier alpha value is -2.56. The molecule has 0 unspecified atom stereocenters. The number of hydrogen-bond donors (Lipinski definition) is 1. The summed E-state index contributed by atoms with van der Waals surface area (Å²) in [6.07, 6.45) is 3.96. The second-order valence-electron chi connectivity index (χ2n) is 5.84. The van der Waals surface area contributed by atoms with Gasteiger partial charge in [-0.25, -0.2) is 0 Å². The minimum atomic E-state index is -0.211. The van der Waals surface area contributed by atoms with Crippen molar-refractivity contribution in [3.05, 3.63) is 41.7 Å². The van der Waals surface area contributed by atoms with Gasteiger partial charge in [0.25, 0.3) is 11.8 Å². The number of para-hydroxylation sites is 1. The maximum Gasteiger partial charge on any atom is 0.277 e. The fraction of sp³-hybridized carbons (Fsp3) is 0.294. The molecular formula is C17H17N3O2. The molecule has 4 rings (SSSR count). The number of benzene rings is 1. The van der Waals surface area contributed by atoms with Crippen molar-refractivity contribution in [2.24, 2.45) is 0 Å². The number of likely N-dealkylation sites (tertiary alicyclic amines) is 1. The van der Waals surface area contributed by atoms with Crippen LogP contribution in [-0.4, -0.2) is 46.7 Å². The first kappa shape index (κ1) is 13.1. The maximum atomic E-state index is 12.6. The van der Waals surface area contributed by atoms with Gasteiger partial charge in [0.2, 0.25) is 0 Å². The van der Waals surface area contributed by atoms with Crippen LogP contribution in [0.1, 0.15) is 18.4 Å². The van der Waals surface area contributed by atoms with Crippen LogP contribution in [-0.2, 0) is 9.59 Å². The first-order valence-electron chi connectivity index (χ1n) is 7.56. The third-order valence-corrected chi connectivity index (χ3v) is 4.54. The van der Waals surface area contributed by atoms with E-state index in [0.717, 1.165) is 42.4 Å². The van der Waals surface area contributed by atoms with E-state index in [1.807, 2.05) is 30.5 Å². The van der Waals surface area contributed by atoms with Crippen LogP contribution in [0.15, 0.2) is 36.2 Å². The number of carbonyl (C=O) groups excluding carboxylic acids is 2. The lowest BCUT2D eigenvalue weighted by molar-refractivity contribution is -0.135. The van der Waals surface area contributed by atoms with E-state index in [-0.39, 0.29) is 11.8 Å². The van der Waals surface area contributed by atoms with Crippen LogP contribution in [0.3, 0.4) is 0 Å². The number of carbonyl (C=O) groups is 2. The van der Waals surface area contributed by atoms with Crippen LogP contribution in [0.25, 0.3) is 16.5 Å². The first-order chi connectivity index (χ1) is 10.7. The minimum absolute atomic E-state index is 0.188. The van der Waals surface area contributed by atoms with Gasteiger partial charge >= 0.3 is 0 Å². The van der Waals surface area contributed by atoms with Crippen LogP contribution in [0.5, 0.6) is 0 Å². The summed E-state index contributed by atoms with van der Waals surface area (Å²) < 4.78 is 0. The van der Waals surface area contributed by atoms with Gasteiger partial charge in [-0.05, 0) is 18.9 Å². The monoisotopic (exact) mass is 295 g/mol. The molecule has 5 nitrogen and oxygen atoms in total. The van der Waals surface area contributed by atoms with E-state index in [1.165, 1.54) is 4.90 Å². The van der Waals surface area contributed by atoms with E-state index >= 15 is 0 Å². The number of aromatic amines is 1. The van der Waals surface area contributed by atoms with Crippen molar-refractivity contribution in [1.29, 1.82) is 0 Å². The predicted molar refractivity (Wildman–Crippen MR) is 83.8 cm³/mol. The summed E-state index contributed by atoms with van der Waals surface area (Å²) in [4.78, 5) is 31.6.